The van der Waals surface area contributed by atoms with Crippen molar-refractivity contribution in [3.05, 3.63) is 24.2 Å². The minimum atomic E-state index is -2.98. The number of nitrogen functional groups attached to an aromatic ring is 1. The van der Waals surface area contributed by atoms with E-state index in [1.165, 1.54) is 12.1 Å². The minimum absolute atomic E-state index is 0.0633. The van der Waals surface area contributed by atoms with Crippen LogP contribution in [0.15, 0.2) is 18.5 Å². The first-order valence-corrected chi connectivity index (χ1v) is 6.61. The topological polar surface area (TPSA) is 130 Å². The van der Waals surface area contributed by atoms with Crippen molar-refractivity contribution in [2.75, 3.05) is 12.3 Å². The van der Waals surface area contributed by atoms with Crippen molar-refractivity contribution < 1.29 is 19.3 Å². The van der Waals surface area contributed by atoms with E-state index in [0.29, 0.717) is 5.52 Å². The molecule has 2 aromatic rings. The molecule has 1 saturated heterocycles. The number of hydrogen-bond donors (Lipinski definition) is 3. The van der Waals surface area contributed by atoms with E-state index in [4.69, 9.17) is 22.1 Å². The average Bonchev–Trinajstić information content (AvgIpc) is 3.01. The molecule has 2 aromatic heterocycles. The third-order valence-electron chi connectivity index (χ3n) is 3.70. The van der Waals surface area contributed by atoms with E-state index in [9.17, 15) is 19.9 Å². The van der Waals surface area contributed by atoms with Crippen molar-refractivity contribution in [2.45, 2.75) is 22.9 Å². The highest BCUT2D eigenvalue weighted by Crippen LogP contribution is 2.52. The second kappa shape index (κ2) is 4.76. The highest BCUT2D eigenvalue weighted by molar-refractivity contribution is 6.24. The smallest absolute Gasteiger partial charge is 0.259 e. The van der Waals surface area contributed by atoms with E-state index in [1.54, 1.807) is 6.07 Å². The first-order valence-electron chi connectivity index (χ1n) is 6.23. The molecule has 0 radical (unpaired) electrons. The van der Waals surface area contributed by atoms with E-state index >= 15 is 0 Å². The zero-order valence-electron chi connectivity index (χ0n) is 11.0. The van der Waals surface area contributed by atoms with E-state index < -0.39 is 29.5 Å². The highest BCUT2D eigenvalue weighted by Gasteiger charge is 2.69. The van der Waals surface area contributed by atoms with E-state index in [-0.39, 0.29) is 11.5 Å². The molecular formula is C12H11ClFN5O3. The molecule has 3 rings (SSSR count). The van der Waals surface area contributed by atoms with Gasteiger partial charge in [0, 0.05) is 0 Å². The molecule has 1 unspecified atom stereocenters. The number of halogens is 2. The summed E-state index contributed by atoms with van der Waals surface area (Å²) in [5.41, 5.74) is 3.58. The lowest BCUT2D eigenvalue weighted by Gasteiger charge is -2.28. The van der Waals surface area contributed by atoms with E-state index in [2.05, 4.69) is 10.1 Å². The molecular weight excluding hydrogens is 317 g/mol. The Morgan fingerprint density at radius 2 is 2.32 bits per heavy atom. The first kappa shape index (κ1) is 14.9. The lowest BCUT2D eigenvalue weighted by Crippen LogP contribution is -2.46. The van der Waals surface area contributed by atoms with Crippen LogP contribution in [0.4, 0.5) is 10.2 Å². The summed E-state index contributed by atoms with van der Waals surface area (Å²) in [6, 6.07) is 4.48. The van der Waals surface area contributed by atoms with Gasteiger partial charge in [-0.2, -0.15) is 10.4 Å². The maximum atomic E-state index is 14.9. The fourth-order valence-electron chi connectivity index (χ4n) is 2.56. The van der Waals surface area contributed by atoms with Gasteiger partial charge < -0.3 is 20.7 Å². The van der Waals surface area contributed by atoms with Gasteiger partial charge in [0.25, 0.3) is 5.13 Å². The highest BCUT2D eigenvalue weighted by atomic mass is 35.5. The van der Waals surface area contributed by atoms with Crippen molar-refractivity contribution in [3.8, 4) is 6.07 Å². The van der Waals surface area contributed by atoms with Crippen LogP contribution >= 0.6 is 11.6 Å². The van der Waals surface area contributed by atoms with Crippen LogP contribution in [0.3, 0.4) is 0 Å². The maximum absolute atomic E-state index is 14.9. The fourth-order valence-corrected chi connectivity index (χ4v) is 2.88. The van der Waals surface area contributed by atoms with Crippen LogP contribution in [0.25, 0.3) is 5.52 Å². The van der Waals surface area contributed by atoms with Gasteiger partial charge in [0.05, 0.1) is 12.3 Å². The predicted molar refractivity (Wildman–Crippen MR) is 72.3 cm³/mol. The van der Waals surface area contributed by atoms with Crippen LogP contribution in [0.1, 0.15) is 5.69 Å². The number of nitrogens with two attached hydrogens (primary N) is 1. The third-order valence-corrected chi connectivity index (χ3v) is 4.19. The molecule has 4 N–H and O–H groups in total. The Morgan fingerprint density at radius 3 is 2.91 bits per heavy atom. The molecule has 0 aliphatic carbocycles. The van der Waals surface area contributed by atoms with Crippen LogP contribution in [0.5, 0.6) is 0 Å². The molecule has 1 fully saturated rings. The zero-order chi connectivity index (χ0) is 16.1. The van der Waals surface area contributed by atoms with Crippen LogP contribution in [-0.2, 0) is 10.3 Å². The molecule has 116 valence electrons. The summed E-state index contributed by atoms with van der Waals surface area (Å²) in [6.07, 6.45) is -2.13. The molecule has 0 saturated carbocycles. The number of fused-ring (bicyclic) bond motifs is 1. The molecule has 0 spiro atoms. The second-order valence-electron chi connectivity index (χ2n) is 4.86. The number of ether oxygens (including phenoxy) is 1. The van der Waals surface area contributed by atoms with Gasteiger partial charge >= 0.3 is 0 Å². The van der Waals surface area contributed by atoms with Crippen molar-refractivity contribution >= 4 is 22.9 Å². The van der Waals surface area contributed by atoms with Gasteiger partial charge in [-0.15, -0.1) is 0 Å². The molecule has 0 aromatic carbocycles. The number of alkyl halides is 2. The van der Waals surface area contributed by atoms with Gasteiger partial charge in [-0.1, -0.05) is 11.6 Å². The minimum Gasteiger partial charge on any atom is -0.394 e. The van der Waals surface area contributed by atoms with Crippen LogP contribution in [0, 0.1) is 11.3 Å². The van der Waals surface area contributed by atoms with Crippen LogP contribution in [-0.4, -0.2) is 48.8 Å². The first-order chi connectivity index (χ1) is 10.4. The predicted octanol–water partition coefficient (Wildman–Crippen LogP) is -0.313. The molecule has 22 heavy (non-hydrogen) atoms. The van der Waals surface area contributed by atoms with Crippen molar-refractivity contribution in [1.29, 1.82) is 5.26 Å². The van der Waals surface area contributed by atoms with Gasteiger partial charge in [0.2, 0.25) is 5.60 Å². The maximum Gasteiger partial charge on any atom is 0.259 e. The normalized spacial score (nSPS) is 34.9. The van der Waals surface area contributed by atoms with E-state index in [0.717, 1.165) is 10.8 Å². The lowest BCUT2D eigenvalue weighted by atomic mass is 9.93. The monoisotopic (exact) mass is 327 g/mol. The van der Waals surface area contributed by atoms with Gasteiger partial charge in [-0.25, -0.2) is 13.9 Å². The Labute approximate surface area is 128 Å². The number of hydrogen-bond acceptors (Lipinski definition) is 7. The molecule has 10 heteroatoms. The largest absolute Gasteiger partial charge is 0.394 e. The van der Waals surface area contributed by atoms with Crippen molar-refractivity contribution in [1.82, 2.24) is 14.6 Å². The molecule has 3 heterocycles. The van der Waals surface area contributed by atoms with Gasteiger partial charge in [0.15, 0.2) is 5.82 Å². The van der Waals surface area contributed by atoms with E-state index in [1.807, 2.05) is 0 Å². The summed E-state index contributed by atoms with van der Waals surface area (Å²) >= 11 is 5.78. The fraction of sp³-hybridized carbons (Fsp3) is 0.417. The number of aromatic nitrogens is 3. The summed E-state index contributed by atoms with van der Waals surface area (Å²) in [6.45, 7) is -0.705. The van der Waals surface area contributed by atoms with Crippen molar-refractivity contribution in [2.24, 2.45) is 0 Å². The summed E-state index contributed by atoms with van der Waals surface area (Å²) in [5, 5.41) is 29.5. The standard InChI is InChI=1S/C12H11ClFN5O3/c13-12(14)9(21)7(3-20)22-11(12,4-15)8-2-1-6-10(16)17-5-18-19(6)8/h1-2,5,7,9,20-21H,3H2,(H2,16,17,18)/t7-,9?,11+,12-/m1/s1. The average molecular weight is 328 g/mol. The number of nitriles is 1. The summed E-state index contributed by atoms with van der Waals surface area (Å²) in [7, 11) is 0. The molecule has 1 aliphatic heterocycles. The number of anilines is 1. The van der Waals surface area contributed by atoms with Crippen LogP contribution < -0.4 is 5.73 Å². The van der Waals surface area contributed by atoms with Crippen molar-refractivity contribution in [3.63, 3.8) is 0 Å². The Morgan fingerprint density at radius 1 is 1.59 bits per heavy atom. The quantitative estimate of drug-likeness (QED) is 0.645. The zero-order valence-corrected chi connectivity index (χ0v) is 11.8. The third kappa shape index (κ3) is 1.66. The Bertz CT molecular complexity index is 776. The second-order valence-corrected chi connectivity index (χ2v) is 5.41. The number of nitrogens with zero attached hydrogens (tertiary/aromatic N) is 4. The Balaban J connectivity index is 2.27. The van der Waals surface area contributed by atoms with Gasteiger partial charge in [-0.05, 0) is 12.1 Å². The van der Waals surface area contributed by atoms with Gasteiger partial charge in [-0.3, -0.25) is 0 Å². The number of rotatable bonds is 2. The Kier molecular flexibility index (Phi) is 3.23. The summed E-state index contributed by atoms with van der Waals surface area (Å²) in [5.74, 6) is 0.116. The molecule has 4 atom stereocenters. The lowest BCUT2D eigenvalue weighted by molar-refractivity contribution is -0.0603. The number of aliphatic hydroxyl groups is 2. The SMILES string of the molecule is N#C[C@@]1(c2ccc3c(N)ncnn23)O[C@H](CO)C(O)[C@]1(F)Cl. The molecule has 8 nitrogen and oxygen atoms in total. The summed E-state index contributed by atoms with van der Waals surface area (Å²) in [4.78, 5) is 3.78. The molecule has 0 amide bonds. The summed E-state index contributed by atoms with van der Waals surface area (Å²) < 4.78 is 21.4. The van der Waals surface area contributed by atoms with Gasteiger partial charge in [0.1, 0.15) is 30.1 Å². The number of aliphatic hydroxyl groups excluding tert-OH is 2. The van der Waals surface area contributed by atoms with Crippen LogP contribution in [0.2, 0.25) is 0 Å². The molecule has 1 aliphatic rings. The molecule has 0 bridgehead atoms. The Hall–Kier alpha value is -1.99.